The molecule has 0 aliphatic heterocycles. The Kier molecular flexibility index (Phi) is 18.9. The van der Waals surface area contributed by atoms with Crippen molar-refractivity contribution in [3.05, 3.63) is 131 Å². The minimum atomic E-state index is -0.643. The Hall–Kier alpha value is -4.72. The number of esters is 2. The van der Waals surface area contributed by atoms with Gasteiger partial charge in [-0.1, -0.05) is 107 Å². The number of hydrogen-bond donors (Lipinski definition) is 2. The number of unbranched alkanes of at least 4 members (excludes halogenated alkanes) is 2. The Labute approximate surface area is 353 Å². The highest BCUT2D eigenvalue weighted by Gasteiger charge is 2.27. The van der Waals surface area contributed by atoms with Crippen LogP contribution in [-0.2, 0) is 44.7 Å². The maximum Gasteiger partial charge on any atom is 0.333 e. The van der Waals surface area contributed by atoms with Crippen molar-refractivity contribution in [3.63, 3.8) is 0 Å². The summed E-state index contributed by atoms with van der Waals surface area (Å²) in [6.07, 6.45) is 17.1. The zero-order valence-corrected chi connectivity index (χ0v) is 36.4. The van der Waals surface area contributed by atoms with Gasteiger partial charge in [-0.3, -0.25) is 0 Å². The molecule has 0 radical (unpaired) electrons. The van der Waals surface area contributed by atoms with E-state index in [1.807, 2.05) is 6.92 Å². The second-order valence-electron chi connectivity index (χ2n) is 16.2. The molecule has 2 N–H and O–H groups in total. The zero-order valence-electron chi connectivity index (χ0n) is 36.4. The summed E-state index contributed by atoms with van der Waals surface area (Å²) in [6, 6.07) is 20.2. The standard InChI is InChI=1S/C52H68O7/c1-8-11-12-15-39-18-20-41(21-19-39)42-22-24-43(25-23-42)48-27-26-44(32-40(48)9-2)47-33-45(16-13-29-58-50(55)37(4)5)49(57-31-28-52(10-3,35-53)36-54)46(34-47)17-14-30-59-51(56)38(6)7/h18-24,26-27,32-34,43,53-54H,4,6,8-17,25,28-31,35-36H2,1-3,5,7H3. The van der Waals surface area contributed by atoms with Crippen LogP contribution in [0.1, 0.15) is 125 Å². The first-order chi connectivity index (χ1) is 28.5. The Morgan fingerprint density at radius 3 is 1.83 bits per heavy atom. The van der Waals surface area contributed by atoms with Crippen molar-refractivity contribution >= 4 is 17.5 Å². The number of carbonyl (C=O) groups excluding carboxylic acids is 2. The fraction of sp³-hybridized carbons (Fsp3) is 0.462. The highest BCUT2D eigenvalue weighted by atomic mass is 16.5. The van der Waals surface area contributed by atoms with E-state index >= 15 is 0 Å². The van der Waals surface area contributed by atoms with E-state index in [2.05, 4.69) is 99.8 Å². The molecule has 1 aliphatic carbocycles. The Morgan fingerprint density at radius 1 is 0.729 bits per heavy atom. The van der Waals surface area contributed by atoms with Crippen LogP contribution in [-0.4, -0.2) is 55.2 Å². The fourth-order valence-electron chi connectivity index (χ4n) is 7.52. The average molecular weight is 805 g/mol. The third-order valence-electron chi connectivity index (χ3n) is 11.6. The maximum absolute atomic E-state index is 12.2. The minimum Gasteiger partial charge on any atom is -0.493 e. The molecular formula is C52H68O7. The summed E-state index contributed by atoms with van der Waals surface area (Å²) in [6.45, 7) is 17.6. The molecule has 0 spiro atoms. The van der Waals surface area contributed by atoms with E-state index < -0.39 is 17.4 Å². The van der Waals surface area contributed by atoms with Crippen molar-refractivity contribution in [1.82, 2.24) is 0 Å². The highest BCUT2D eigenvalue weighted by molar-refractivity contribution is 5.87. The lowest BCUT2D eigenvalue weighted by atomic mass is 9.83. The highest BCUT2D eigenvalue weighted by Crippen LogP contribution is 2.38. The summed E-state index contributed by atoms with van der Waals surface area (Å²) in [5.41, 5.74) is 10.7. The van der Waals surface area contributed by atoms with Crippen LogP contribution >= 0.6 is 0 Å². The lowest BCUT2D eigenvalue weighted by Gasteiger charge is -2.28. The molecule has 0 aromatic heterocycles. The van der Waals surface area contributed by atoms with E-state index in [9.17, 15) is 19.8 Å². The summed E-state index contributed by atoms with van der Waals surface area (Å²) in [7, 11) is 0. The van der Waals surface area contributed by atoms with Gasteiger partial charge in [0, 0.05) is 22.5 Å². The van der Waals surface area contributed by atoms with Gasteiger partial charge >= 0.3 is 11.9 Å². The van der Waals surface area contributed by atoms with Gasteiger partial charge in [-0.15, -0.1) is 0 Å². The first kappa shape index (κ1) is 47.0. The van der Waals surface area contributed by atoms with Gasteiger partial charge < -0.3 is 24.4 Å². The monoisotopic (exact) mass is 804 g/mol. The van der Waals surface area contributed by atoms with Crippen LogP contribution in [0.5, 0.6) is 5.75 Å². The predicted octanol–water partition coefficient (Wildman–Crippen LogP) is 11.0. The fourth-order valence-corrected chi connectivity index (χ4v) is 7.52. The first-order valence-corrected chi connectivity index (χ1v) is 21.7. The first-order valence-electron chi connectivity index (χ1n) is 21.7. The van der Waals surface area contributed by atoms with Crippen molar-refractivity contribution in [2.75, 3.05) is 33.0 Å². The van der Waals surface area contributed by atoms with Gasteiger partial charge in [0.05, 0.1) is 33.0 Å². The predicted molar refractivity (Wildman–Crippen MR) is 241 cm³/mol. The van der Waals surface area contributed by atoms with Gasteiger partial charge in [0.1, 0.15) is 5.75 Å². The largest absolute Gasteiger partial charge is 0.493 e. The van der Waals surface area contributed by atoms with E-state index in [1.54, 1.807) is 13.8 Å². The van der Waals surface area contributed by atoms with Crippen LogP contribution < -0.4 is 4.74 Å². The molecular weight excluding hydrogens is 737 g/mol. The molecule has 3 aromatic rings. The number of ether oxygens (including phenoxy) is 3. The normalized spacial score (nSPS) is 13.8. The third-order valence-corrected chi connectivity index (χ3v) is 11.6. The van der Waals surface area contributed by atoms with Gasteiger partial charge in [-0.05, 0) is 140 Å². The lowest BCUT2D eigenvalue weighted by Crippen LogP contribution is -2.31. The second-order valence-corrected chi connectivity index (χ2v) is 16.2. The van der Waals surface area contributed by atoms with E-state index in [4.69, 9.17) is 14.2 Å². The van der Waals surface area contributed by atoms with E-state index in [0.29, 0.717) is 56.3 Å². The van der Waals surface area contributed by atoms with Crippen LogP contribution in [0, 0.1) is 5.41 Å². The number of carbonyl (C=O) groups is 2. The summed E-state index contributed by atoms with van der Waals surface area (Å²) in [5, 5.41) is 20.2. The van der Waals surface area contributed by atoms with Crippen molar-refractivity contribution in [1.29, 1.82) is 0 Å². The maximum atomic E-state index is 12.2. The molecule has 0 saturated heterocycles. The van der Waals surface area contributed by atoms with Gasteiger partial charge in [0.2, 0.25) is 0 Å². The van der Waals surface area contributed by atoms with Crippen molar-refractivity contribution in [2.24, 2.45) is 5.41 Å². The van der Waals surface area contributed by atoms with Gasteiger partial charge in [-0.2, -0.15) is 0 Å². The molecule has 4 rings (SSSR count). The van der Waals surface area contributed by atoms with Crippen LogP contribution in [0.3, 0.4) is 0 Å². The zero-order chi connectivity index (χ0) is 42.8. The van der Waals surface area contributed by atoms with Crippen molar-refractivity contribution < 1.29 is 34.0 Å². The molecule has 0 heterocycles. The molecule has 1 aliphatic rings. The molecule has 7 heteroatoms. The quantitative estimate of drug-likeness (QED) is 0.0499. The Balaban J connectivity index is 1.64. The van der Waals surface area contributed by atoms with Gasteiger partial charge in [0.15, 0.2) is 0 Å². The lowest BCUT2D eigenvalue weighted by molar-refractivity contribution is -0.139. The molecule has 1 unspecified atom stereocenters. The summed E-state index contributed by atoms with van der Waals surface area (Å²) >= 11 is 0. The third kappa shape index (κ3) is 13.7. The van der Waals surface area contributed by atoms with E-state index in [1.165, 1.54) is 47.1 Å². The Bertz CT molecular complexity index is 1870. The SMILES string of the molecule is C=C(C)C(=O)OCCCc1cc(-c2ccc(C3C=CC(c4ccc(CCCCC)cc4)=CC3)c(CC)c2)cc(CCCOC(=O)C(=C)C)c1OCCC(CC)(CO)CO. The van der Waals surface area contributed by atoms with Crippen LogP contribution in [0.2, 0.25) is 0 Å². The number of aliphatic hydroxyl groups is 2. The molecule has 3 aromatic carbocycles. The number of hydrogen-bond acceptors (Lipinski definition) is 7. The molecule has 0 fully saturated rings. The number of aliphatic hydroxyl groups excluding tert-OH is 2. The molecule has 0 bridgehead atoms. The summed E-state index contributed by atoms with van der Waals surface area (Å²) in [5.74, 6) is 0.195. The van der Waals surface area contributed by atoms with Gasteiger partial charge in [0.25, 0.3) is 0 Å². The van der Waals surface area contributed by atoms with Gasteiger partial charge in [-0.25, -0.2) is 9.59 Å². The van der Waals surface area contributed by atoms with Crippen LogP contribution in [0.15, 0.2) is 97.1 Å². The summed E-state index contributed by atoms with van der Waals surface area (Å²) < 4.78 is 17.5. The van der Waals surface area contributed by atoms with Crippen LogP contribution in [0.25, 0.3) is 16.7 Å². The number of benzene rings is 3. The van der Waals surface area contributed by atoms with Crippen LogP contribution in [0.4, 0.5) is 0 Å². The second kappa shape index (κ2) is 23.8. The Morgan fingerprint density at radius 2 is 1.32 bits per heavy atom. The van der Waals surface area contributed by atoms with E-state index in [0.717, 1.165) is 47.3 Å². The topological polar surface area (TPSA) is 102 Å². The average Bonchev–Trinajstić information content (AvgIpc) is 3.25. The van der Waals surface area contributed by atoms with Crippen molar-refractivity contribution in [2.45, 2.75) is 118 Å². The summed E-state index contributed by atoms with van der Waals surface area (Å²) in [4.78, 5) is 24.3. The number of aryl methyl sites for hydroxylation is 4. The molecule has 318 valence electrons. The van der Waals surface area contributed by atoms with Crippen molar-refractivity contribution in [3.8, 4) is 16.9 Å². The van der Waals surface area contributed by atoms with E-state index in [-0.39, 0.29) is 32.3 Å². The number of rotatable bonds is 25. The minimum absolute atomic E-state index is 0.138. The molecule has 1 atom stereocenters. The molecule has 0 amide bonds. The molecule has 7 nitrogen and oxygen atoms in total. The smallest absolute Gasteiger partial charge is 0.333 e. The molecule has 59 heavy (non-hydrogen) atoms. The number of allylic oxidation sites excluding steroid dienone is 4. The molecule has 0 saturated carbocycles.